The number of halogens is 2. The van der Waals surface area contributed by atoms with E-state index in [1.54, 1.807) is 20.2 Å². The number of aromatic nitrogens is 1. The van der Waals surface area contributed by atoms with Gasteiger partial charge in [-0.1, -0.05) is 18.2 Å². The van der Waals surface area contributed by atoms with E-state index in [0.717, 1.165) is 12.1 Å². The van der Waals surface area contributed by atoms with E-state index in [1.165, 1.54) is 65.6 Å². The molecule has 0 aliphatic heterocycles. The SMILES string of the molecule is CN(C)C(=O)c1cccc(Oc2nc(Oc3cc(C(=N)N)ccc3O)c(F)c(Oc3cccc(C=CC(N)=O)c3)c2F)c1. The van der Waals surface area contributed by atoms with Crippen LogP contribution in [-0.2, 0) is 4.79 Å². The molecule has 4 aromatic rings. The highest BCUT2D eigenvalue weighted by molar-refractivity contribution is 5.95. The second-order valence-corrected chi connectivity index (χ2v) is 9.12. The molecule has 0 aliphatic carbocycles. The first-order chi connectivity index (χ1) is 20.4. The summed E-state index contributed by atoms with van der Waals surface area (Å²) in [5.74, 6) is -7.62. The molecule has 6 N–H and O–H groups in total. The summed E-state index contributed by atoms with van der Waals surface area (Å²) in [5.41, 5.74) is 11.4. The van der Waals surface area contributed by atoms with E-state index in [9.17, 15) is 14.7 Å². The predicted octanol–water partition coefficient (Wildman–Crippen LogP) is 4.93. The van der Waals surface area contributed by atoms with Crippen LogP contribution in [0, 0.1) is 17.0 Å². The zero-order valence-electron chi connectivity index (χ0n) is 22.8. The van der Waals surface area contributed by atoms with Crippen molar-refractivity contribution in [3.8, 4) is 40.5 Å². The monoisotopic (exact) mass is 589 g/mol. The molecule has 4 rings (SSSR count). The summed E-state index contributed by atoms with van der Waals surface area (Å²) >= 11 is 0. The number of amides is 2. The zero-order chi connectivity index (χ0) is 31.3. The first-order valence-corrected chi connectivity index (χ1v) is 12.4. The maximum absolute atomic E-state index is 15.8. The molecule has 2 amide bonds. The molecule has 1 heterocycles. The number of nitrogens with two attached hydrogens (primary N) is 2. The van der Waals surface area contributed by atoms with Gasteiger partial charge in [0, 0.05) is 31.3 Å². The lowest BCUT2D eigenvalue weighted by Gasteiger charge is -2.16. The first-order valence-electron chi connectivity index (χ1n) is 12.4. The van der Waals surface area contributed by atoms with Crippen LogP contribution in [0.5, 0.6) is 40.5 Å². The number of benzene rings is 3. The molecule has 1 aromatic heterocycles. The lowest BCUT2D eigenvalue weighted by atomic mass is 10.2. The number of aromatic hydroxyl groups is 1. The Bertz CT molecular complexity index is 1760. The van der Waals surface area contributed by atoms with Crippen LogP contribution < -0.4 is 25.7 Å². The minimum atomic E-state index is -1.40. The summed E-state index contributed by atoms with van der Waals surface area (Å²) in [6, 6.07) is 15.4. The zero-order valence-corrected chi connectivity index (χ0v) is 22.8. The van der Waals surface area contributed by atoms with Gasteiger partial charge in [-0.25, -0.2) is 0 Å². The van der Waals surface area contributed by atoms with Gasteiger partial charge in [-0.2, -0.15) is 13.8 Å². The molecule has 0 saturated carbocycles. The molecule has 13 heteroatoms. The van der Waals surface area contributed by atoms with Crippen molar-refractivity contribution >= 4 is 23.7 Å². The van der Waals surface area contributed by atoms with Gasteiger partial charge in [0.05, 0.1) is 0 Å². The van der Waals surface area contributed by atoms with Crippen molar-refractivity contribution in [2.45, 2.75) is 0 Å². The number of nitrogens with one attached hydrogen (secondary N) is 1. The highest BCUT2D eigenvalue weighted by Crippen LogP contribution is 2.41. The van der Waals surface area contributed by atoms with E-state index in [2.05, 4.69) is 4.98 Å². The lowest BCUT2D eigenvalue weighted by molar-refractivity contribution is -0.113. The highest BCUT2D eigenvalue weighted by Gasteiger charge is 2.27. The minimum absolute atomic E-state index is 0.0115. The molecule has 11 nitrogen and oxygen atoms in total. The number of primary amides is 1. The largest absolute Gasteiger partial charge is 0.504 e. The fraction of sp³-hybridized carbons (Fsp3) is 0.0667. The van der Waals surface area contributed by atoms with Crippen molar-refractivity contribution in [1.82, 2.24) is 9.88 Å². The number of nitrogens with zero attached hydrogens (tertiary/aromatic N) is 2. The fourth-order valence-corrected chi connectivity index (χ4v) is 3.61. The predicted molar refractivity (Wildman–Crippen MR) is 153 cm³/mol. The third-order valence-electron chi connectivity index (χ3n) is 5.67. The van der Waals surface area contributed by atoms with Crippen LogP contribution in [0.1, 0.15) is 21.5 Å². The minimum Gasteiger partial charge on any atom is -0.504 e. The van der Waals surface area contributed by atoms with Gasteiger partial charge in [0.15, 0.2) is 11.5 Å². The Morgan fingerprint density at radius 1 is 0.884 bits per heavy atom. The molecular formula is C30H25F2N5O6. The van der Waals surface area contributed by atoms with Crippen LogP contribution in [0.3, 0.4) is 0 Å². The highest BCUT2D eigenvalue weighted by atomic mass is 19.1. The van der Waals surface area contributed by atoms with Crippen LogP contribution in [0.15, 0.2) is 72.8 Å². The molecule has 0 spiro atoms. The molecule has 220 valence electrons. The molecule has 0 unspecified atom stereocenters. The Labute approximate surface area is 244 Å². The van der Waals surface area contributed by atoms with E-state index < -0.39 is 40.8 Å². The number of hydrogen-bond donors (Lipinski definition) is 4. The van der Waals surface area contributed by atoms with Gasteiger partial charge in [-0.15, -0.1) is 0 Å². The van der Waals surface area contributed by atoms with Gasteiger partial charge < -0.3 is 35.7 Å². The van der Waals surface area contributed by atoms with Crippen LogP contribution in [0.2, 0.25) is 0 Å². The Hall–Kier alpha value is -5.98. The Morgan fingerprint density at radius 2 is 1.53 bits per heavy atom. The van der Waals surface area contributed by atoms with Crippen molar-refractivity contribution in [3.05, 3.63) is 101 Å². The summed E-state index contributed by atoms with van der Waals surface area (Å²) < 4.78 is 48.2. The summed E-state index contributed by atoms with van der Waals surface area (Å²) in [7, 11) is 3.11. The Kier molecular flexibility index (Phi) is 8.84. The van der Waals surface area contributed by atoms with Gasteiger partial charge >= 0.3 is 0 Å². The van der Waals surface area contributed by atoms with Crippen LogP contribution >= 0.6 is 0 Å². The number of phenols is 1. The smallest absolute Gasteiger partial charge is 0.263 e. The molecule has 0 radical (unpaired) electrons. The van der Waals surface area contributed by atoms with Crippen molar-refractivity contribution < 1.29 is 37.7 Å². The number of hydrogen-bond acceptors (Lipinski definition) is 8. The van der Waals surface area contributed by atoms with Crippen molar-refractivity contribution in [2.75, 3.05) is 14.1 Å². The van der Waals surface area contributed by atoms with Gasteiger partial charge in [-0.05, 0) is 60.2 Å². The lowest BCUT2D eigenvalue weighted by Crippen LogP contribution is -2.21. The average Bonchev–Trinajstić information content (AvgIpc) is 2.97. The van der Waals surface area contributed by atoms with Crippen LogP contribution in [0.25, 0.3) is 6.08 Å². The fourth-order valence-electron chi connectivity index (χ4n) is 3.61. The summed E-state index contributed by atoms with van der Waals surface area (Å²) in [6.07, 6.45) is 2.48. The molecular weight excluding hydrogens is 564 g/mol. The normalized spacial score (nSPS) is 10.8. The standard InChI is InChI=1S/C30H25F2N5O6/c1-37(2)30(40)18-6-4-8-20(14-18)42-28-24(31)26(41-19-7-3-5-16(13-19)9-12-23(33)39)25(32)29(36-28)43-22-15-17(27(34)35)10-11-21(22)38/h3-15,38H,1-2H3,(H2,33,39)(H3,34,35). The number of carbonyl (C=O) groups excluding carboxylic acids is 2. The summed E-state index contributed by atoms with van der Waals surface area (Å²) in [6.45, 7) is 0. The van der Waals surface area contributed by atoms with E-state index in [1.807, 2.05) is 0 Å². The second kappa shape index (κ2) is 12.7. The number of nitrogen functional groups attached to an aromatic ring is 1. The Morgan fingerprint density at radius 3 is 2.19 bits per heavy atom. The number of ether oxygens (including phenoxy) is 3. The van der Waals surface area contributed by atoms with Crippen molar-refractivity contribution in [1.29, 1.82) is 5.41 Å². The maximum Gasteiger partial charge on any atom is 0.263 e. The average molecular weight is 590 g/mol. The maximum atomic E-state index is 15.8. The van der Waals surface area contributed by atoms with Gasteiger partial charge in [0.25, 0.3) is 17.7 Å². The molecule has 0 bridgehead atoms. The number of rotatable bonds is 10. The molecule has 0 saturated heterocycles. The van der Waals surface area contributed by atoms with Crippen LogP contribution in [0.4, 0.5) is 8.78 Å². The van der Waals surface area contributed by atoms with Gasteiger partial charge in [0.2, 0.25) is 23.3 Å². The Balaban J connectivity index is 1.81. The van der Waals surface area contributed by atoms with E-state index in [-0.39, 0.29) is 40.1 Å². The van der Waals surface area contributed by atoms with Gasteiger partial charge in [0.1, 0.15) is 17.3 Å². The third kappa shape index (κ3) is 7.21. The van der Waals surface area contributed by atoms with Crippen molar-refractivity contribution in [3.63, 3.8) is 0 Å². The molecule has 0 aliphatic rings. The van der Waals surface area contributed by atoms with E-state index >= 15 is 8.78 Å². The quantitative estimate of drug-likeness (QED) is 0.114. The molecule has 43 heavy (non-hydrogen) atoms. The molecule has 0 atom stereocenters. The second-order valence-electron chi connectivity index (χ2n) is 9.12. The molecule has 0 fully saturated rings. The van der Waals surface area contributed by atoms with Crippen molar-refractivity contribution in [2.24, 2.45) is 11.5 Å². The number of pyridine rings is 1. The first kappa shape index (κ1) is 30.0. The molecule has 3 aromatic carbocycles. The number of amidine groups is 1. The van der Waals surface area contributed by atoms with E-state index in [0.29, 0.717) is 5.56 Å². The van der Waals surface area contributed by atoms with Gasteiger partial charge in [-0.3, -0.25) is 15.0 Å². The number of carbonyl (C=O) groups is 2. The summed E-state index contributed by atoms with van der Waals surface area (Å²) in [4.78, 5) is 28.7. The third-order valence-corrected chi connectivity index (χ3v) is 5.67. The number of phenolic OH excluding ortho intramolecular Hbond substituents is 1. The topological polar surface area (TPSA) is 174 Å². The van der Waals surface area contributed by atoms with E-state index in [4.69, 9.17) is 31.1 Å². The summed E-state index contributed by atoms with van der Waals surface area (Å²) in [5, 5.41) is 17.9. The van der Waals surface area contributed by atoms with Crippen LogP contribution in [-0.4, -0.2) is 46.7 Å².